The largest absolute Gasteiger partial charge is 0.450 e. The topological polar surface area (TPSA) is 78.4 Å². The molecule has 0 aliphatic carbocycles. The van der Waals surface area contributed by atoms with Crippen molar-refractivity contribution in [2.24, 2.45) is 5.73 Å². The molecule has 7 heteroatoms. The number of halogens is 2. The summed E-state index contributed by atoms with van der Waals surface area (Å²) in [5, 5.41) is 11.3. The predicted molar refractivity (Wildman–Crippen MR) is 72.5 cm³/mol. The lowest BCUT2D eigenvalue weighted by Crippen LogP contribution is -2.01. The van der Waals surface area contributed by atoms with E-state index >= 15 is 0 Å². The molecule has 5 nitrogen and oxygen atoms in total. The number of nitro benzene ring substituents is 1. The van der Waals surface area contributed by atoms with Crippen molar-refractivity contribution in [2.45, 2.75) is 6.54 Å². The van der Waals surface area contributed by atoms with E-state index in [-0.39, 0.29) is 12.3 Å². The number of ether oxygens (including phenoxy) is 1. The molecule has 2 aromatic rings. The van der Waals surface area contributed by atoms with E-state index < -0.39 is 16.4 Å². The van der Waals surface area contributed by atoms with Crippen molar-refractivity contribution in [3.63, 3.8) is 0 Å². The van der Waals surface area contributed by atoms with Crippen molar-refractivity contribution in [3.8, 4) is 11.5 Å². The Balaban J connectivity index is 2.45. The van der Waals surface area contributed by atoms with Gasteiger partial charge in [0.2, 0.25) is 5.75 Å². The Hall–Kier alpha value is -2.18. The van der Waals surface area contributed by atoms with Gasteiger partial charge >= 0.3 is 5.69 Å². The minimum Gasteiger partial charge on any atom is -0.450 e. The van der Waals surface area contributed by atoms with E-state index in [1.54, 1.807) is 18.2 Å². The predicted octanol–water partition coefficient (Wildman–Crippen LogP) is 3.64. The van der Waals surface area contributed by atoms with Gasteiger partial charge in [-0.2, -0.15) is 0 Å². The highest BCUT2D eigenvalue weighted by atomic mass is 35.5. The third-order valence-electron chi connectivity index (χ3n) is 2.62. The lowest BCUT2D eigenvalue weighted by atomic mass is 10.2. The van der Waals surface area contributed by atoms with E-state index in [4.69, 9.17) is 22.1 Å². The standard InChI is InChI=1S/C13H10ClFN2O3/c14-10-2-1-3-12(9(10)7-16)20-13-5-4-8(15)6-11(13)17(18)19/h1-6H,7,16H2. The molecule has 0 aliphatic heterocycles. The zero-order valence-corrected chi connectivity index (χ0v) is 10.9. The molecular weight excluding hydrogens is 287 g/mol. The Bertz CT molecular complexity index is 664. The van der Waals surface area contributed by atoms with Crippen LogP contribution in [0.25, 0.3) is 0 Å². The summed E-state index contributed by atoms with van der Waals surface area (Å²) in [4.78, 5) is 10.2. The lowest BCUT2D eigenvalue weighted by molar-refractivity contribution is -0.385. The fourth-order valence-corrected chi connectivity index (χ4v) is 1.91. The lowest BCUT2D eigenvalue weighted by Gasteiger charge is -2.11. The molecule has 20 heavy (non-hydrogen) atoms. The molecule has 0 spiro atoms. The third kappa shape index (κ3) is 2.87. The van der Waals surface area contributed by atoms with Crippen molar-refractivity contribution in [1.29, 1.82) is 0 Å². The van der Waals surface area contributed by atoms with Crippen LogP contribution in [0.5, 0.6) is 11.5 Å². The number of nitrogens with zero attached hydrogens (tertiary/aromatic N) is 1. The van der Waals surface area contributed by atoms with Crippen molar-refractivity contribution >= 4 is 17.3 Å². The van der Waals surface area contributed by atoms with Crippen LogP contribution in [0.1, 0.15) is 5.56 Å². The normalized spacial score (nSPS) is 10.3. The monoisotopic (exact) mass is 296 g/mol. The van der Waals surface area contributed by atoms with Gasteiger partial charge < -0.3 is 10.5 Å². The van der Waals surface area contributed by atoms with Crippen LogP contribution in [0, 0.1) is 15.9 Å². The number of nitrogens with two attached hydrogens (primary N) is 1. The highest BCUT2D eigenvalue weighted by Crippen LogP contribution is 2.35. The van der Waals surface area contributed by atoms with Crippen LogP contribution < -0.4 is 10.5 Å². The summed E-state index contributed by atoms with van der Waals surface area (Å²) >= 11 is 5.97. The number of benzene rings is 2. The SMILES string of the molecule is NCc1c(Cl)cccc1Oc1ccc(F)cc1[N+](=O)[O-]. The molecule has 0 saturated heterocycles. The maximum Gasteiger partial charge on any atom is 0.314 e. The molecule has 0 unspecified atom stereocenters. The molecule has 0 saturated carbocycles. The molecule has 0 bridgehead atoms. The maximum absolute atomic E-state index is 13.1. The van der Waals surface area contributed by atoms with Gasteiger partial charge in [0, 0.05) is 17.1 Å². The first-order chi connectivity index (χ1) is 9.52. The molecule has 0 heterocycles. The molecule has 104 valence electrons. The van der Waals surface area contributed by atoms with Gasteiger partial charge in [-0.05, 0) is 24.3 Å². The summed E-state index contributed by atoms with van der Waals surface area (Å²) in [7, 11) is 0. The average Bonchev–Trinajstić information content (AvgIpc) is 2.41. The van der Waals surface area contributed by atoms with Crippen LogP contribution in [0.2, 0.25) is 5.02 Å². The van der Waals surface area contributed by atoms with Crippen LogP contribution in [-0.4, -0.2) is 4.92 Å². The van der Waals surface area contributed by atoms with E-state index in [0.717, 1.165) is 12.1 Å². The first-order valence-corrected chi connectivity index (χ1v) is 6.00. The molecule has 0 radical (unpaired) electrons. The van der Waals surface area contributed by atoms with Crippen molar-refractivity contribution in [2.75, 3.05) is 0 Å². The van der Waals surface area contributed by atoms with Gasteiger partial charge in [-0.1, -0.05) is 17.7 Å². The summed E-state index contributed by atoms with van der Waals surface area (Å²) in [6, 6.07) is 7.91. The van der Waals surface area contributed by atoms with Crippen LogP contribution in [-0.2, 0) is 6.54 Å². The van der Waals surface area contributed by atoms with Crippen LogP contribution in [0.3, 0.4) is 0 Å². The third-order valence-corrected chi connectivity index (χ3v) is 2.97. The first-order valence-electron chi connectivity index (χ1n) is 5.62. The van der Waals surface area contributed by atoms with Crippen LogP contribution in [0.15, 0.2) is 36.4 Å². The first kappa shape index (κ1) is 14.2. The van der Waals surface area contributed by atoms with Crippen LogP contribution in [0.4, 0.5) is 10.1 Å². The Morgan fingerprint density at radius 1 is 1.30 bits per heavy atom. The van der Waals surface area contributed by atoms with E-state index in [9.17, 15) is 14.5 Å². The molecule has 0 fully saturated rings. The smallest absolute Gasteiger partial charge is 0.314 e. The molecule has 0 aromatic heterocycles. The minimum absolute atomic E-state index is 0.0756. The summed E-state index contributed by atoms with van der Waals surface area (Å²) in [6.07, 6.45) is 0. The van der Waals surface area contributed by atoms with Crippen molar-refractivity contribution < 1.29 is 14.1 Å². The average molecular weight is 297 g/mol. The molecule has 2 N–H and O–H groups in total. The second-order valence-electron chi connectivity index (χ2n) is 3.89. The van der Waals surface area contributed by atoms with Gasteiger partial charge in [-0.25, -0.2) is 4.39 Å². The zero-order valence-electron chi connectivity index (χ0n) is 10.2. The van der Waals surface area contributed by atoms with E-state index in [2.05, 4.69) is 0 Å². The van der Waals surface area contributed by atoms with Gasteiger partial charge in [0.05, 0.1) is 11.0 Å². The molecular formula is C13H10ClFN2O3. The van der Waals surface area contributed by atoms with E-state index in [1.807, 2.05) is 0 Å². The Morgan fingerprint density at radius 2 is 2.05 bits per heavy atom. The molecule has 0 aliphatic rings. The molecule has 2 rings (SSSR count). The number of hydrogen-bond acceptors (Lipinski definition) is 4. The van der Waals surface area contributed by atoms with Crippen molar-refractivity contribution in [3.05, 3.63) is 62.9 Å². The van der Waals surface area contributed by atoms with E-state index in [1.165, 1.54) is 6.07 Å². The number of hydrogen-bond donors (Lipinski definition) is 1. The summed E-state index contributed by atoms with van der Waals surface area (Å²) in [5.41, 5.74) is 5.63. The zero-order chi connectivity index (χ0) is 14.7. The van der Waals surface area contributed by atoms with Gasteiger partial charge in [0.1, 0.15) is 11.6 Å². The number of nitro groups is 1. The molecule has 0 amide bonds. The highest BCUT2D eigenvalue weighted by molar-refractivity contribution is 6.31. The fourth-order valence-electron chi connectivity index (χ4n) is 1.67. The summed E-state index contributed by atoms with van der Waals surface area (Å²) in [5.74, 6) is -0.489. The second kappa shape index (κ2) is 5.85. The Labute approximate surface area is 118 Å². The van der Waals surface area contributed by atoms with E-state index in [0.29, 0.717) is 16.3 Å². The van der Waals surface area contributed by atoms with Gasteiger partial charge in [0.15, 0.2) is 0 Å². The highest BCUT2D eigenvalue weighted by Gasteiger charge is 2.18. The molecule has 0 atom stereocenters. The Kier molecular flexibility index (Phi) is 4.16. The quantitative estimate of drug-likeness (QED) is 0.690. The number of rotatable bonds is 4. The summed E-state index contributed by atoms with van der Waals surface area (Å²) in [6.45, 7) is 0.115. The second-order valence-corrected chi connectivity index (χ2v) is 4.30. The fraction of sp³-hybridized carbons (Fsp3) is 0.0769. The van der Waals surface area contributed by atoms with Gasteiger partial charge in [0.25, 0.3) is 0 Å². The van der Waals surface area contributed by atoms with Crippen LogP contribution >= 0.6 is 11.6 Å². The molecule has 2 aromatic carbocycles. The van der Waals surface area contributed by atoms with Gasteiger partial charge in [-0.3, -0.25) is 10.1 Å². The Morgan fingerprint density at radius 3 is 2.70 bits per heavy atom. The maximum atomic E-state index is 13.1. The van der Waals surface area contributed by atoms with Crippen molar-refractivity contribution in [1.82, 2.24) is 0 Å². The van der Waals surface area contributed by atoms with Gasteiger partial charge in [-0.15, -0.1) is 0 Å². The summed E-state index contributed by atoms with van der Waals surface area (Å²) < 4.78 is 18.5. The minimum atomic E-state index is -0.717.